The van der Waals surface area contributed by atoms with Crippen LogP contribution in [0.25, 0.3) is 0 Å². The van der Waals surface area contributed by atoms with Crippen LogP contribution in [0.1, 0.15) is 52.9 Å². The number of aliphatic carboxylic acids is 1. The number of hydrogen-bond donors (Lipinski definition) is 1. The van der Waals surface area contributed by atoms with Gasteiger partial charge < -0.3 is 5.11 Å². The molecule has 0 aliphatic heterocycles. The van der Waals surface area contributed by atoms with E-state index in [0.29, 0.717) is 11.8 Å². The molecule has 1 N–H and O–H groups in total. The Labute approximate surface area is 86.7 Å². The van der Waals surface area contributed by atoms with Gasteiger partial charge in [0.05, 0.1) is 0 Å². The van der Waals surface area contributed by atoms with E-state index < -0.39 is 5.97 Å². The molecule has 0 aromatic rings. The minimum atomic E-state index is -0.658. The van der Waals surface area contributed by atoms with Crippen LogP contribution in [-0.2, 0) is 4.79 Å². The van der Waals surface area contributed by atoms with E-state index in [-0.39, 0.29) is 0 Å². The van der Waals surface area contributed by atoms with Crippen molar-refractivity contribution < 1.29 is 9.90 Å². The fourth-order valence-corrected chi connectivity index (χ4v) is 2.61. The third-order valence-corrected chi connectivity index (χ3v) is 4.21. The third-order valence-electron chi connectivity index (χ3n) is 4.21. The second-order valence-corrected chi connectivity index (χ2v) is 5.28. The predicted octanol–water partition coefficient (Wildman–Crippen LogP) is 3.31. The van der Waals surface area contributed by atoms with Crippen molar-refractivity contribution in [2.75, 3.05) is 0 Å². The first-order chi connectivity index (χ1) is 6.44. The largest absolute Gasteiger partial charge is 0.481 e. The smallest absolute Gasteiger partial charge is 0.303 e. The van der Waals surface area contributed by atoms with Crippen molar-refractivity contribution in [2.45, 2.75) is 52.9 Å². The highest BCUT2D eigenvalue weighted by atomic mass is 16.4. The van der Waals surface area contributed by atoms with Crippen molar-refractivity contribution in [3.63, 3.8) is 0 Å². The lowest BCUT2D eigenvalue weighted by molar-refractivity contribution is -0.137. The number of carbonyl (C=O) groups is 1. The summed E-state index contributed by atoms with van der Waals surface area (Å²) in [5, 5.41) is 8.57. The van der Waals surface area contributed by atoms with E-state index in [9.17, 15) is 4.79 Å². The first-order valence-electron chi connectivity index (χ1n) is 5.66. The molecule has 0 aromatic carbocycles. The van der Waals surface area contributed by atoms with Crippen LogP contribution in [0.3, 0.4) is 0 Å². The molecule has 2 nitrogen and oxygen atoms in total. The topological polar surface area (TPSA) is 37.3 Å². The van der Waals surface area contributed by atoms with Gasteiger partial charge in [-0.05, 0) is 42.9 Å². The van der Waals surface area contributed by atoms with E-state index >= 15 is 0 Å². The van der Waals surface area contributed by atoms with Crippen molar-refractivity contribution in [3.8, 4) is 0 Å². The Balaban J connectivity index is 2.35. The van der Waals surface area contributed by atoms with Gasteiger partial charge in [0.1, 0.15) is 0 Å². The van der Waals surface area contributed by atoms with Crippen LogP contribution in [0.2, 0.25) is 0 Å². The van der Waals surface area contributed by atoms with E-state index in [0.717, 1.165) is 24.7 Å². The van der Waals surface area contributed by atoms with Gasteiger partial charge in [-0.1, -0.05) is 20.8 Å². The first kappa shape index (κ1) is 11.5. The average molecular weight is 198 g/mol. The first-order valence-corrected chi connectivity index (χ1v) is 5.66. The predicted molar refractivity (Wildman–Crippen MR) is 57.2 cm³/mol. The Hall–Kier alpha value is -0.530. The standard InChI is InChI=1S/C12H22O2/c1-9-7-8-10(12(9,2)3)5-4-6-11(13)14/h9-10H,4-8H2,1-3H3,(H,13,14)/t9-,10+/m1/s1. The van der Waals surface area contributed by atoms with Crippen molar-refractivity contribution in [3.05, 3.63) is 0 Å². The molecule has 0 unspecified atom stereocenters. The molecule has 14 heavy (non-hydrogen) atoms. The zero-order chi connectivity index (χ0) is 10.8. The highest BCUT2D eigenvalue weighted by Crippen LogP contribution is 2.49. The van der Waals surface area contributed by atoms with Gasteiger partial charge in [0.15, 0.2) is 0 Å². The van der Waals surface area contributed by atoms with E-state index in [1.165, 1.54) is 12.8 Å². The molecule has 0 spiro atoms. The van der Waals surface area contributed by atoms with Crippen molar-refractivity contribution in [1.82, 2.24) is 0 Å². The minimum absolute atomic E-state index is 0.334. The maximum atomic E-state index is 10.4. The number of rotatable bonds is 4. The molecule has 2 heteroatoms. The molecule has 0 saturated heterocycles. The Morgan fingerprint density at radius 2 is 2.07 bits per heavy atom. The summed E-state index contributed by atoms with van der Waals surface area (Å²) in [4.78, 5) is 10.4. The minimum Gasteiger partial charge on any atom is -0.481 e. The second-order valence-electron chi connectivity index (χ2n) is 5.28. The molecule has 1 aliphatic carbocycles. The van der Waals surface area contributed by atoms with Gasteiger partial charge in [-0.15, -0.1) is 0 Å². The Morgan fingerprint density at radius 3 is 2.50 bits per heavy atom. The zero-order valence-corrected chi connectivity index (χ0v) is 9.55. The molecule has 0 heterocycles. The molecule has 1 rings (SSSR count). The highest BCUT2D eigenvalue weighted by Gasteiger charge is 2.39. The van der Waals surface area contributed by atoms with E-state index in [1.54, 1.807) is 0 Å². The molecular weight excluding hydrogens is 176 g/mol. The van der Waals surface area contributed by atoms with Crippen molar-refractivity contribution in [2.24, 2.45) is 17.3 Å². The lowest BCUT2D eigenvalue weighted by atomic mass is 9.74. The SMILES string of the molecule is C[C@@H]1CC[C@H](CCCC(=O)O)C1(C)C. The van der Waals surface area contributed by atoms with Crippen LogP contribution < -0.4 is 0 Å². The third kappa shape index (κ3) is 2.49. The van der Waals surface area contributed by atoms with Crippen LogP contribution in [0.5, 0.6) is 0 Å². The van der Waals surface area contributed by atoms with Gasteiger partial charge in [-0.25, -0.2) is 0 Å². The molecule has 0 bridgehead atoms. The fourth-order valence-electron chi connectivity index (χ4n) is 2.61. The summed E-state index contributed by atoms with van der Waals surface area (Å²) in [6.45, 7) is 6.98. The maximum absolute atomic E-state index is 10.4. The molecule has 0 amide bonds. The molecule has 1 aliphatic rings. The van der Waals surface area contributed by atoms with Crippen molar-refractivity contribution >= 4 is 5.97 Å². The molecule has 82 valence electrons. The summed E-state index contributed by atoms with van der Waals surface area (Å²) >= 11 is 0. The summed E-state index contributed by atoms with van der Waals surface area (Å²) < 4.78 is 0. The number of carboxylic acids is 1. The molecular formula is C12H22O2. The number of carboxylic acid groups (broad SMARTS) is 1. The summed E-state index contributed by atoms with van der Waals surface area (Å²) in [6, 6.07) is 0. The van der Waals surface area contributed by atoms with Gasteiger partial charge in [0.2, 0.25) is 0 Å². The van der Waals surface area contributed by atoms with E-state index in [4.69, 9.17) is 5.11 Å². The van der Waals surface area contributed by atoms with Crippen LogP contribution in [-0.4, -0.2) is 11.1 Å². The summed E-state index contributed by atoms with van der Waals surface area (Å²) in [5.74, 6) is 0.864. The van der Waals surface area contributed by atoms with Crippen LogP contribution in [0, 0.1) is 17.3 Å². The Kier molecular flexibility index (Phi) is 3.57. The van der Waals surface area contributed by atoms with Gasteiger partial charge in [-0.3, -0.25) is 4.79 Å². The van der Waals surface area contributed by atoms with E-state index in [2.05, 4.69) is 20.8 Å². The second kappa shape index (κ2) is 4.33. The lowest BCUT2D eigenvalue weighted by Crippen LogP contribution is -2.23. The van der Waals surface area contributed by atoms with Gasteiger partial charge in [-0.2, -0.15) is 0 Å². The van der Waals surface area contributed by atoms with Gasteiger partial charge >= 0.3 is 5.97 Å². The Bertz CT molecular complexity index is 208. The summed E-state index contributed by atoms with van der Waals surface area (Å²) in [5.41, 5.74) is 0.415. The van der Waals surface area contributed by atoms with Gasteiger partial charge in [0, 0.05) is 6.42 Å². The normalized spacial score (nSPS) is 30.5. The maximum Gasteiger partial charge on any atom is 0.303 e. The summed E-state index contributed by atoms with van der Waals surface area (Å²) in [7, 11) is 0. The Morgan fingerprint density at radius 1 is 1.43 bits per heavy atom. The van der Waals surface area contributed by atoms with Crippen LogP contribution >= 0.6 is 0 Å². The molecule has 2 atom stereocenters. The molecule has 1 fully saturated rings. The van der Waals surface area contributed by atoms with Gasteiger partial charge in [0.25, 0.3) is 0 Å². The zero-order valence-electron chi connectivity index (χ0n) is 9.55. The van der Waals surface area contributed by atoms with Crippen LogP contribution in [0.4, 0.5) is 0 Å². The van der Waals surface area contributed by atoms with Crippen LogP contribution in [0.15, 0.2) is 0 Å². The monoisotopic (exact) mass is 198 g/mol. The lowest BCUT2D eigenvalue weighted by Gasteiger charge is -2.31. The summed E-state index contributed by atoms with van der Waals surface area (Å²) in [6.07, 6.45) is 4.86. The number of hydrogen-bond acceptors (Lipinski definition) is 1. The fraction of sp³-hybridized carbons (Fsp3) is 0.917. The molecule has 1 saturated carbocycles. The van der Waals surface area contributed by atoms with Crippen molar-refractivity contribution in [1.29, 1.82) is 0 Å². The van der Waals surface area contributed by atoms with E-state index in [1.807, 2.05) is 0 Å². The highest BCUT2D eigenvalue weighted by molar-refractivity contribution is 5.66. The molecule has 0 aromatic heterocycles. The average Bonchev–Trinajstić information content (AvgIpc) is 2.30. The molecule has 0 radical (unpaired) electrons. The quantitative estimate of drug-likeness (QED) is 0.752.